The van der Waals surface area contributed by atoms with Crippen molar-refractivity contribution in [3.05, 3.63) is 42.4 Å². The maximum Gasteiger partial charge on any atom is 0.231 e. The molecule has 0 radical (unpaired) electrons. The number of aryl methyl sites for hydroxylation is 1. The van der Waals surface area contributed by atoms with E-state index in [2.05, 4.69) is 20.3 Å². The lowest BCUT2D eigenvalue weighted by Gasteiger charge is -2.08. The quantitative estimate of drug-likeness (QED) is 0.778. The summed E-state index contributed by atoms with van der Waals surface area (Å²) in [6.07, 6.45) is 1.52. The Morgan fingerprint density at radius 3 is 2.81 bits per heavy atom. The Morgan fingerprint density at radius 2 is 1.95 bits per heavy atom. The minimum absolute atomic E-state index is 0.237. The Bertz CT molecular complexity index is 835. The van der Waals surface area contributed by atoms with E-state index < -0.39 is 0 Å². The van der Waals surface area contributed by atoms with Crippen LogP contribution in [-0.2, 0) is 0 Å². The van der Waals surface area contributed by atoms with Crippen LogP contribution in [0.4, 0.5) is 11.6 Å². The first-order valence-electron chi connectivity index (χ1n) is 6.55. The van der Waals surface area contributed by atoms with E-state index in [4.69, 9.17) is 9.47 Å². The summed E-state index contributed by atoms with van der Waals surface area (Å²) in [6.45, 7) is 2.18. The number of ether oxygens (including phenoxy) is 2. The molecule has 6 nitrogen and oxygen atoms in total. The van der Waals surface area contributed by atoms with Gasteiger partial charge in [-0.3, -0.25) is 0 Å². The SMILES string of the molecule is Cc1cccc(Nc2ncnc3cc4c(cc23)OCO4)n1. The van der Waals surface area contributed by atoms with Gasteiger partial charge in [0.15, 0.2) is 11.5 Å². The molecule has 0 aliphatic carbocycles. The Kier molecular flexibility index (Phi) is 2.60. The number of pyridine rings is 1. The maximum atomic E-state index is 5.41. The molecule has 1 aliphatic heterocycles. The Morgan fingerprint density at radius 1 is 1.10 bits per heavy atom. The molecule has 0 saturated heterocycles. The second kappa shape index (κ2) is 4.59. The molecule has 0 saturated carbocycles. The summed E-state index contributed by atoms with van der Waals surface area (Å²) in [5, 5.41) is 4.09. The molecule has 104 valence electrons. The summed E-state index contributed by atoms with van der Waals surface area (Å²) in [5.74, 6) is 2.85. The van der Waals surface area contributed by atoms with Gasteiger partial charge in [-0.05, 0) is 25.1 Å². The van der Waals surface area contributed by atoms with Gasteiger partial charge >= 0.3 is 0 Å². The first-order valence-corrected chi connectivity index (χ1v) is 6.55. The molecule has 1 N–H and O–H groups in total. The summed E-state index contributed by atoms with van der Waals surface area (Å²) in [6, 6.07) is 9.53. The summed E-state index contributed by atoms with van der Waals surface area (Å²) >= 11 is 0. The second-order valence-electron chi connectivity index (χ2n) is 4.73. The van der Waals surface area contributed by atoms with Gasteiger partial charge in [0.1, 0.15) is 18.0 Å². The molecule has 3 heterocycles. The highest BCUT2D eigenvalue weighted by Crippen LogP contribution is 2.37. The molecule has 1 aliphatic rings. The number of nitrogens with one attached hydrogen (secondary N) is 1. The molecule has 0 spiro atoms. The van der Waals surface area contributed by atoms with E-state index in [1.807, 2.05) is 37.3 Å². The molecule has 0 amide bonds. The van der Waals surface area contributed by atoms with Crippen LogP contribution >= 0.6 is 0 Å². The van der Waals surface area contributed by atoms with Crippen LogP contribution in [0.1, 0.15) is 5.69 Å². The lowest BCUT2D eigenvalue weighted by atomic mass is 10.2. The minimum Gasteiger partial charge on any atom is -0.454 e. The van der Waals surface area contributed by atoms with Crippen molar-refractivity contribution >= 4 is 22.5 Å². The molecule has 21 heavy (non-hydrogen) atoms. The topological polar surface area (TPSA) is 69.2 Å². The molecule has 0 bridgehead atoms. The van der Waals surface area contributed by atoms with Crippen LogP contribution in [0, 0.1) is 6.92 Å². The zero-order valence-corrected chi connectivity index (χ0v) is 11.3. The highest BCUT2D eigenvalue weighted by atomic mass is 16.7. The number of fused-ring (bicyclic) bond motifs is 2. The third-order valence-electron chi connectivity index (χ3n) is 3.26. The van der Waals surface area contributed by atoms with Crippen LogP contribution in [0.25, 0.3) is 10.9 Å². The van der Waals surface area contributed by atoms with E-state index in [1.54, 1.807) is 0 Å². The Hall–Kier alpha value is -2.89. The van der Waals surface area contributed by atoms with Gasteiger partial charge < -0.3 is 14.8 Å². The third-order valence-corrected chi connectivity index (χ3v) is 3.26. The van der Waals surface area contributed by atoms with Crippen molar-refractivity contribution in [2.75, 3.05) is 12.1 Å². The van der Waals surface area contributed by atoms with Crippen molar-refractivity contribution in [3.8, 4) is 11.5 Å². The number of aromatic nitrogens is 3. The molecule has 3 aromatic rings. The van der Waals surface area contributed by atoms with Crippen molar-refractivity contribution in [1.29, 1.82) is 0 Å². The molecule has 1 aromatic carbocycles. The Labute approximate surface area is 120 Å². The van der Waals surface area contributed by atoms with Crippen molar-refractivity contribution in [1.82, 2.24) is 15.0 Å². The summed E-state index contributed by atoms with van der Waals surface area (Å²) in [4.78, 5) is 13.0. The standard InChI is InChI=1S/C15H12N4O2/c1-9-3-2-4-14(18-9)19-15-10-5-12-13(21-8-20-12)6-11(10)16-7-17-15/h2-7H,8H2,1H3,(H,16,17,18,19). The van der Waals surface area contributed by atoms with E-state index in [0.29, 0.717) is 17.3 Å². The highest BCUT2D eigenvalue weighted by Gasteiger charge is 2.16. The van der Waals surface area contributed by atoms with Gasteiger partial charge in [0, 0.05) is 17.1 Å². The lowest BCUT2D eigenvalue weighted by molar-refractivity contribution is 0.174. The van der Waals surface area contributed by atoms with Crippen molar-refractivity contribution in [3.63, 3.8) is 0 Å². The zero-order chi connectivity index (χ0) is 14.2. The van der Waals surface area contributed by atoms with Crippen LogP contribution in [0.2, 0.25) is 0 Å². The monoisotopic (exact) mass is 280 g/mol. The predicted octanol–water partition coefficient (Wildman–Crippen LogP) is 2.81. The molecule has 0 fully saturated rings. The van der Waals surface area contributed by atoms with Crippen LogP contribution < -0.4 is 14.8 Å². The van der Waals surface area contributed by atoms with Gasteiger partial charge in [0.05, 0.1) is 5.52 Å². The number of hydrogen-bond acceptors (Lipinski definition) is 6. The van der Waals surface area contributed by atoms with Crippen LogP contribution in [0.15, 0.2) is 36.7 Å². The second-order valence-corrected chi connectivity index (χ2v) is 4.73. The summed E-state index contributed by atoms with van der Waals surface area (Å²) in [5.41, 5.74) is 1.74. The van der Waals surface area contributed by atoms with E-state index >= 15 is 0 Å². The highest BCUT2D eigenvalue weighted by molar-refractivity contribution is 5.92. The number of rotatable bonds is 2. The fourth-order valence-electron chi connectivity index (χ4n) is 2.28. The summed E-state index contributed by atoms with van der Waals surface area (Å²) < 4.78 is 10.8. The molecule has 0 atom stereocenters. The Balaban J connectivity index is 1.81. The largest absolute Gasteiger partial charge is 0.454 e. The summed E-state index contributed by atoms with van der Waals surface area (Å²) in [7, 11) is 0. The number of hydrogen-bond donors (Lipinski definition) is 1. The predicted molar refractivity (Wildman–Crippen MR) is 77.9 cm³/mol. The first-order chi connectivity index (χ1) is 10.3. The molecule has 0 unspecified atom stereocenters. The van der Waals surface area contributed by atoms with Crippen molar-refractivity contribution in [2.24, 2.45) is 0 Å². The first kappa shape index (κ1) is 11.9. The zero-order valence-electron chi connectivity index (χ0n) is 11.3. The lowest BCUT2D eigenvalue weighted by Crippen LogP contribution is -1.98. The van der Waals surface area contributed by atoms with Gasteiger partial charge in [-0.25, -0.2) is 15.0 Å². The van der Waals surface area contributed by atoms with Crippen LogP contribution in [0.5, 0.6) is 11.5 Å². The van der Waals surface area contributed by atoms with Gasteiger partial charge in [-0.1, -0.05) is 6.07 Å². The van der Waals surface area contributed by atoms with E-state index in [1.165, 1.54) is 6.33 Å². The van der Waals surface area contributed by atoms with Gasteiger partial charge in [0.2, 0.25) is 6.79 Å². The van der Waals surface area contributed by atoms with Gasteiger partial charge in [-0.2, -0.15) is 0 Å². The average Bonchev–Trinajstić information content (AvgIpc) is 2.93. The normalized spacial score (nSPS) is 12.6. The van der Waals surface area contributed by atoms with E-state index in [0.717, 1.165) is 22.4 Å². The van der Waals surface area contributed by atoms with Gasteiger partial charge in [-0.15, -0.1) is 0 Å². The fourth-order valence-corrected chi connectivity index (χ4v) is 2.28. The molecule has 6 heteroatoms. The molecular weight excluding hydrogens is 268 g/mol. The van der Waals surface area contributed by atoms with E-state index in [9.17, 15) is 0 Å². The fraction of sp³-hybridized carbons (Fsp3) is 0.133. The average molecular weight is 280 g/mol. The molecule has 4 rings (SSSR count). The number of nitrogens with zero attached hydrogens (tertiary/aromatic N) is 3. The smallest absolute Gasteiger partial charge is 0.231 e. The van der Waals surface area contributed by atoms with Crippen LogP contribution in [0.3, 0.4) is 0 Å². The maximum absolute atomic E-state index is 5.41. The van der Waals surface area contributed by atoms with Crippen LogP contribution in [-0.4, -0.2) is 21.7 Å². The third kappa shape index (κ3) is 2.10. The minimum atomic E-state index is 0.237. The van der Waals surface area contributed by atoms with Gasteiger partial charge in [0.25, 0.3) is 0 Å². The number of benzene rings is 1. The number of anilines is 2. The van der Waals surface area contributed by atoms with Crippen molar-refractivity contribution < 1.29 is 9.47 Å². The molecular formula is C15H12N4O2. The van der Waals surface area contributed by atoms with E-state index in [-0.39, 0.29) is 6.79 Å². The molecule has 2 aromatic heterocycles. The van der Waals surface area contributed by atoms with Crippen molar-refractivity contribution in [2.45, 2.75) is 6.92 Å².